The zero-order valence-corrected chi connectivity index (χ0v) is 14.9. The molecule has 0 aliphatic rings. The van der Waals surface area contributed by atoms with Gasteiger partial charge in [0.05, 0.1) is 5.52 Å². The highest BCUT2D eigenvalue weighted by atomic mass is 35.5. The molecule has 0 unspecified atom stereocenters. The maximum atomic E-state index is 5.92. The largest absolute Gasteiger partial charge is 0.486 e. The van der Waals surface area contributed by atoms with Crippen LogP contribution in [0.3, 0.4) is 0 Å². The number of halogens is 1. The molecule has 5 rings (SSSR count). The van der Waals surface area contributed by atoms with Gasteiger partial charge < -0.3 is 14.1 Å². The summed E-state index contributed by atoms with van der Waals surface area (Å²) < 4.78 is 11.6. The topological polar surface area (TPSA) is 63.9 Å². The fraction of sp³-hybridized carbons (Fsp3) is 0.0476. The molecule has 0 amide bonds. The van der Waals surface area contributed by atoms with Gasteiger partial charge in [-0.05, 0) is 42.5 Å². The van der Waals surface area contributed by atoms with Gasteiger partial charge in [0.1, 0.15) is 29.5 Å². The van der Waals surface area contributed by atoms with E-state index < -0.39 is 0 Å². The Hall–Kier alpha value is -3.31. The molecule has 0 radical (unpaired) electrons. The van der Waals surface area contributed by atoms with E-state index in [1.54, 1.807) is 18.3 Å². The molecule has 6 heteroatoms. The van der Waals surface area contributed by atoms with Crippen molar-refractivity contribution in [3.05, 3.63) is 77.7 Å². The summed E-state index contributed by atoms with van der Waals surface area (Å²) in [5.74, 6) is 2.21. The summed E-state index contributed by atoms with van der Waals surface area (Å²) in [5, 5.41) is 1.74. The van der Waals surface area contributed by atoms with Crippen molar-refractivity contribution in [3.63, 3.8) is 0 Å². The highest BCUT2D eigenvalue weighted by Gasteiger charge is 2.10. The number of H-pyrrole nitrogens is 1. The van der Waals surface area contributed by atoms with Crippen molar-refractivity contribution in [3.8, 4) is 17.1 Å². The van der Waals surface area contributed by atoms with Crippen LogP contribution in [0.5, 0.6) is 5.75 Å². The fourth-order valence-corrected chi connectivity index (χ4v) is 3.09. The Morgan fingerprint density at radius 3 is 2.74 bits per heavy atom. The number of hydrogen-bond acceptors (Lipinski definition) is 4. The number of ether oxygens (including phenoxy) is 1. The number of para-hydroxylation sites is 1. The molecule has 2 aromatic carbocycles. The maximum Gasteiger partial charge on any atom is 0.177 e. The Labute approximate surface area is 159 Å². The van der Waals surface area contributed by atoms with Gasteiger partial charge in [0.25, 0.3) is 0 Å². The Morgan fingerprint density at radius 1 is 1.04 bits per heavy atom. The number of nitrogens with one attached hydrogen (secondary N) is 1. The van der Waals surface area contributed by atoms with Gasteiger partial charge >= 0.3 is 0 Å². The van der Waals surface area contributed by atoms with E-state index in [4.69, 9.17) is 20.8 Å². The lowest BCUT2D eigenvalue weighted by Gasteiger charge is -2.03. The number of imidazole rings is 1. The Morgan fingerprint density at radius 2 is 1.89 bits per heavy atom. The number of rotatable bonds is 4. The second-order valence-corrected chi connectivity index (χ2v) is 6.61. The number of benzene rings is 2. The minimum absolute atomic E-state index is 0.317. The minimum Gasteiger partial charge on any atom is -0.486 e. The summed E-state index contributed by atoms with van der Waals surface area (Å²) in [6, 6.07) is 19.1. The number of aromatic amines is 1. The first-order chi connectivity index (χ1) is 13.2. The predicted molar refractivity (Wildman–Crippen MR) is 105 cm³/mol. The lowest BCUT2D eigenvalue weighted by atomic mass is 10.2. The highest BCUT2D eigenvalue weighted by Crippen LogP contribution is 2.28. The molecule has 27 heavy (non-hydrogen) atoms. The summed E-state index contributed by atoms with van der Waals surface area (Å²) in [5.41, 5.74) is 3.23. The average molecular weight is 376 g/mol. The van der Waals surface area contributed by atoms with Crippen LogP contribution in [0, 0.1) is 0 Å². The third kappa shape index (κ3) is 3.13. The third-order valence-corrected chi connectivity index (χ3v) is 4.54. The molecule has 3 heterocycles. The molecule has 132 valence electrons. The number of furan rings is 1. The van der Waals surface area contributed by atoms with Gasteiger partial charge in [0, 0.05) is 22.2 Å². The van der Waals surface area contributed by atoms with Crippen molar-refractivity contribution in [1.82, 2.24) is 15.0 Å². The van der Waals surface area contributed by atoms with Gasteiger partial charge in [-0.15, -0.1) is 0 Å². The van der Waals surface area contributed by atoms with Crippen LogP contribution in [0.1, 0.15) is 5.82 Å². The van der Waals surface area contributed by atoms with Crippen molar-refractivity contribution in [2.24, 2.45) is 0 Å². The van der Waals surface area contributed by atoms with Gasteiger partial charge in [-0.25, -0.2) is 9.97 Å². The van der Waals surface area contributed by atoms with Crippen LogP contribution < -0.4 is 4.74 Å². The molecule has 0 bridgehead atoms. The van der Waals surface area contributed by atoms with Gasteiger partial charge in [-0.3, -0.25) is 0 Å². The lowest BCUT2D eigenvalue weighted by molar-refractivity contribution is 0.297. The van der Waals surface area contributed by atoms with Crippen molar-refractivity contribution in [2.45, 2.75) is 6.61 Å². The van der Waals surface area contributed by atoms with Crippen LogP contribution in [0.4, 0.5) is 0 Å². The first-order valence-corrected chi connectivity index (χ1v) is 8.84. The zero-order valence-electron chi connectivity index (χ0n) is 14.1. The number of pyridine rings is 1. The quantitative estimate of drug-likeness (QED) is 0.444. The molecular formula is C21H14ClN3O2. The van der Waals surface area contributed by atoms with E-state index >= 15 is 0 Å². The summed E-state index contributed by atoms with van der Waals surface area (Å²) in [6.45, 7) is 0.317. The second-order valence-electron chi connectivity index (χ2n) is 6.17. The average Bonchev–Trinajstić information content (AvgIpc) is 3.30. The molecule has 0 aliphatic carbocycles. The molecule has 5 nitrogen and oxygen atoms in total. The molecule has 0 saturated carbocycles. The first-order valence-electron chi connectivity index (χ1n) is 8.46. The molecule has 1 N–H and O–H groups in total. The predicted octanol–water partition coefficient (Wildman–Crippen LogP) is 5.60. The highest BCUT2D eigenvalue weighted by molar-refractivity contribution is 6.30. The number of aromatic nitrogens is 3. The van der Waals surface area contributed by atoms with Gasteiger partial charge in [0.2, 0.25) is 0 Å². The summed E-state index contributed by atoms with van der Waals surface area (Å²) in [7, 11) is 0. The third-order valence-electron chi connectivity index (χ3n) is 4.29. The van der Waals surface area contributed by atoms with Gasteiger partial charge in [-0.1, -0.05) is 29.8 Å². The van der Waals surface area contributed by atoms with Crippen molar-refractivity contribution >= 4 is 33.7 Å². The fourth-order valence-electron chi connectivity index (χ4n) is 2.96. The van der Waals surface area contributed by atoms with Crippen molar-refractivity contribution in [2.75, 3.05) is 0 Å². The van der Waals surface area contributed by atoms with Crippen molar-refractivity contribution < 1.29 is 9.15 Å². The molecule has 5 aromatic rings. The number of nitrogens with zero attached hydrogens (tertiary/aromatic N) is 2. The van der Waals surface area contributed by atoms with Crippen LogP contribution in [0.2, 0.25) is 5.02 Å². The van der Waals surface area contributed by atoms with Crippen LogP contribution in [0.25, 0.3) is 33.5 Å². The van der Waals surface area contributed by atoms with E-state index in [1.807, 2.05) is 48.5 Å². The van der Waals surface area contributed by atoms with Crippen LogP contribution in [0.15, 0.2) is 71.3 Å². The second kappa shape index (κ2) is 6.45. The van der Waals surface area contributed by atoms with E-state index in [9.17, 15) is 0 Å². The van der Waals surface area contributed by atoms with Crippen molar-refractivity contribution in [1.29, 1.82) is 0 Å². The summed E-state index contributed by atoms with van der Waals surface area (Å²) in [6.07, 6.45) is 1.77. The number of fused-ring (bicyclic) bond motifs is 2. The summed E-state index contributed by atoms with van der Waals surface area (Å²) in [4.78, 5) is 12.2. The smallest absolute Gasteiger partial charge is 0.177 e. The van der Waals surface area contributed by atoms with Gasteiger partial charge in [-0.2, -0.15) is 0 Å². The number of hydrogen-bond donors (Lipinski definition) is 1. The lowest BCUT2D eigenvalue weighted by Crippen LogP contribution is -1.97. The van der Waals surface area contributed by atoms with Crippen LogP contribution >= 0.6 is 11.6 Å². The van der Waals surface area contributed by atoms with E-state index in [1.165, 1.54) is 0 Å². The summed E-state index contributed by atoms with van der Waals surface area (Å²) >= 11 is 5.88. The molecule has 0 aliphatic heterocycles. The normalized spacial score (nSPS) is 11.3. The van der Waals surface area contributed by atoms with Crippen LogP contribution in [-0.4, -0.2) is 15.0 Å². The van der Waals surface area contributed by atoms with E-state index in [0.29, 0.717) is 23.1 Å². The first kappa shape index (κ1) is 15.9. The Bertz CT molecular complexity index is 1210. The molecule has 0 saturated heterocycles. The maximum absolute atomic E-state index is 5.92. The van der Waals surface area contributed by atoms with E-state index in [2.05, 4.69) is 15.0 Å². The Balaban J connectivity index is 1.41. The SMILES string of the molecule is Clc1ccc(OCc2nc3ncc(-c4cc5ccccc5o4)cc3[nH]2)cc1. The Kier molecular flexibility index (Phi) is 3.80. The molecule has 0 spiro atoms. The van der Waals surface area contributed by atoms with E-state index in [-0.39, 0.29) is 0 Å². The minimum atomic E-state index is 0.317. The zero-order chi connectivity index (χ0) is 18.2. The molecule has 3 aromatic heterocycles. The molecule has 0 fully saturated rings. The monoisotopic (exact) mass is 375 g/mol. The molecule has 0 atom stereocenters. The van der Waals surface area contributed by atoms with Gasteiger partial charge in [0.15, 0.2) is 5.65 Å². The van der Waals surface area contributed by atoms with Crippen LogP contribution in [-0.2, 0) is 6.61 Å². The molecular weight excluding hydrogens is 362 g/mol. The standard InChI is InChI=1S/C21H14ClN3O2/c22-15-5-7-16(8-6-15)26-12-20-24-17-9-14(11-23-21(17)25-20)19-10-13-3-1-2-4-18(13)27-19/h1-11H,12H2,(H,23,24,25). The van der Waals surface area contributed by atoms with E-state index in [0.717, 1.165) is 33.6 Å².